The van der Waals surface area contributed by atoms with E-state index >= 15 is 0 Å². The van der Waals surface area contributed by atoms with E-state index in [4.69, 9.17) is 0 Å². The van der Waals surface area contributed by atoms with Gasteiger partial charge in [-0.3, -0.25) is 4.79 Å². The molecule has 122 valence electrons. The number of nitrogens with zero attached hydrogens (tertiary/aromatic N) is 1. The van der Waals surface area contributed by atoms with Gasteiger partial charge in [-0.2, -0.15) is 0 Å². The van der Waals surface area contributed by atoms with Crippen LogP contribution in [0.25, 0.3) is 0 Å². The molecule has 2 aromatic rings. The van der Waals surface area contributed by atoms with E-state index in [1.807, 2.05) is 52.3 Å². The minimum atomic E-state index is 0.0433. The summed E-state index contributed by atoms with van der Waals surface area (Å²) in [7, 11) is 6.10. The molecule has 4 nitrogen and oxygen atoms in total. The first kappa shape index (κ1) is 17.0. The fourth-order valence-corrected chi connectivity index (χ4v) is 2.50. The average Bonchev–Trinajstić information content (AvgIpc) is 2.50. The normalized spacial score (nSPS) is 11.8. The Kier molecular flexibility index (Phi) is 5.77. The maximum Gasteiger partial charge on any atom is 0.279 e. The zero-order chi connectivity index (χ0) is 16.8. The Morgan fingerprint density at radius 3 is 2.35 bits per heavy atom. The van der Waals surface area contributed by atoms with Gasteiger partial charge in [0.2, 0.25) is 0 Å². The van der Waals surface area contributed by atoms with Gasteiger partial charge in [-0.15, -0.1) is 0 Å². The summed E-state index contributed by atoms with van der Waals surface area (Å²) in [6.07, 6.45) is 0. The van der Waals surface area contributed by atoms with Crippen LogP contribution in [0.5, 0.6) is 0 Å². The Morgan fingerprint density at radius 1 is 1.09 bits per heavy atom. The van der Waals surface area contributed by atoms with Gasteiger partial charge in [-0.25, -0.2) is 0 Å². The fraction of sp³-hybridized carbons (Fsp3) is 0.316. The van der Waals surface area contributed by atoms with Crippen LogP contribution in [0.2, 0.25) is 0 Å². The zero-order valence-electron chi connectivity index (χ0n) is 14.4. The highest BCUT2D eigenvalue weighted by molar-refractivity contribution is 5.92. The van der Waals surface area contributed by atoms with Crippen LogP contribution >= 0.6 is 0 Å². The molecule has 2 rings (SSSR count). The summed E-state index contributed by atoms with van der Waals surface area (Å²) >= 11 is 0. The van der Waals surface area contributed by atoms with Crippen molar-refractivity contribution in [3.8, 4) is 0 Å². The summed E-state index contributed by atoms with van der Waals surface area (Å²) in [5.74, 6) is 0.0433. The lowest BCUT2D eigenvalue weighted by molar-refractivity contribution is -0.885. The third-order valence-corrected chi connectivity index (χ3v) is 3.84. The van der Waals surface area contributed by atoms with Crippen LogP contribution in [0.1, 0.15) is 11.1 Å². The number of hydrogen-bond donors (Lipinski definition) is 2. The van der Waals surface area contributed by atoms with E-state index in [0.717, 1.165) is 22.7 Å². The maximum atomic E-state index is 12.2. The molecule has 0 saturated carbocycles. The summed E-state index contributed by atoms with van der Waals surface area (Å²) < 4.78 is 0. The second kappa shape index (κ2) is 7.79. The van der Waals surface area contributed by atoms with Gasteiger partial charge in [-0.05, 0) is 30.7 Å². The summed E-state index contributed by atoms with van der Waals surface area (Å²) in [5.41, 5.74) is 4.39. The van der Waals surface area contributed by atoms with Gasteiger partial charge in [0.15, 0.2) is 6.54 Å². The number of rotatable bonds is 6. The molecule has 2 aromatic carbocycles. The Bertz CT molecular complexity index is 650. The number of benzene rings is 2. The predicted octanol–water partition coefficient (Wildman–Crippen LogP) is 1.71. The molecule has 1 amide bonds. The molecule has 1 unspecified atom stereocenters. The van der Waals surface area contributed by atoms with Crippen molar-refractivity contribution < 1.29 is 9.69 Å². The number of aryl methyl sites for hydroxylation is 1. The number of carbonyl (C=O) groups is 1. The molecule has 0 aliphatic heterocycles. The van der Waals surface area contributed by atoms with E-state index in [1.54, 1.807) is 0 Å². The lowest BCUT2D eigenvalue weighted by Crippen LogP contribution is -3.08. The molecule has 0 saturated heterocycles. The molecule has 0 heterocycles. The number of para-hydroxylation sites is 1. The largest absolute Gasteiger partial charge is 0.378 e. The Morgan fingerprint density at radius 2 is 1.74 bits per heavy atom. The number of anilines is 2. The van der Waals surface area contributed by atoms with Crippen LogP contribution in [0.15, 0.2) is 48.5 Å². The van der Waals surface area contributed by atoms with Crippen LogP contribution < -0.4 is 15.1 Å². The van der Waals surface area contributed by atoms with Gasteiger partial charge < -0.3 is 15.1 Å². The summed E-state index contributed by atoms with van der Waals surface area (Å²) in [4.78, 5) is 15.4. The quantitative estimate of drug-likeness (QED) is 0.852. The van der Waals surface area contributed by atoms with E-state index in [0.29, 0.717) is 6.54 Å². The van der Waals surface area contributed by atoms with Gasteiger partial charge in [0.1, 0.15) is 6.54 Å². The van der Waals surface area contributed by atoms with Crippen molar-refractivity contribution in [2.75, 3.05) is 37.9 Å². The molecule has 0 aliphatic carbocycles. The molecule has 0 spiro atoms. The second-order valence-corrected chi connectivity index (χ2v) is 6.23. The van der Waals surface area contributed by atoms with Crippen LogP contribution in [0, 0.1) is 6.92 Å². The third-order valence-electron chi connectivity index (χ3n) is 3.84. The molecule has 1 atom stereocenters. The SMILES string of the molecule is Cc1ccccc1NC(=O)C[NH+](C)Cc1ccc(N(C)C)cc1. The van der Waals surface area contributed by atoms with Crippen molar-refractivity contribution in [1.29, 1.82) is 0 Å². The Labute approximate surface area is 138 Å². The van der Waals surface area contributed by atoms with Gasteiger partial charge in [-0.1, -0.05) is 30.3 Å². The molecular weight excluding hydrogens is 286 g/mol. The minimum Gasteiger partial charge on any atom is -0.378 e. The summed E-state index contributed by atoms with van der Waals surface area (Å²) in [5, 5.41) is 2.98. The summed E-state index contributed by atoms with van der Waals surface area (Å²) in [6.45, 7) is 3.27. The topological polar surface area (TPSA) is 36.8 Å². The molecular formula is C19H26N3O+. The predicted molar refractivity (Wildman–Crippen MR) is 96.0 cm³/mol. The molecule has 0 bridgehead atoms. The standard InChI is InChI=1S/C19H25N3O/c1-15-7-5-6-8-18(15)20-19(23)14-22(4)13-16-9-11-17(12-10-16)21(2)3/h5-12H,13-14H2,1-4H3,(H,20,23)/p+1. The lowest BCUT2D eigenvalue weighted by atomic mass is 10.2. The first-order valence-electron chi connectivity index (χ1n) is 7.89. The molecule has 0 aromatic heterocycles. The second-order valence-electron chi connectivity index (χ2n) is 6.23. The van der Waals surface area contributed by atoms with Gasteiger partial charge in [0.05, 0.1) is 7.05 Å². The number of carbonyl (C=O) groups excluding carboxylic acids is 1. The first-order chi connectivity index (χ1) is 11.0. The van der Waals surface area contributed by atoms with Crippen LogP contribution in [0.3, 0.4) is 0 Å². The number of amides is 1. The highest BCUT2D eigenvalue weighted by atomic mass is 16.2. The number of likely N-dealkylation sites (N-methyl/N-ethyl adjacent to an activating group) is 1. The average molecular weight is 312 g/mol. The van der Waals surface area contributed by atoms with Crippen molar-refractivity contribution in [2.45, 2.75) is 13.5 Å². The van der Waals surface area contributed by atoms with E-state index in [9.17, 15) is 4.79 Å². The van der Waals surface area contributed by atoms with E-state index in [1.165, 1.54) is 11.3 Å². The highest BCUT2D eigenvalue weighted by Crippen LogP contribution is 2.13. The third kappa shape index (κ3) is 5.11. The van der Waals surface area contributed by atoms with Crippen molar-refractivity contribution in [3.63, 3.8) is 0 Å². The zero-order valence-corrected chi connectivity index (χ0v) is 14.4. The minimum absolute atomic E-state index is 0.0433. The van der Waals surface area contributed by atoms with Crippen LogP contribution in [-0.4, -0.2) is 33.6 Å². The maximum absolute atomic E-state index is 12.2. The molecule has 4 heteroatoms. The van der Waals surface area contributed by atoms with Crippen molar-refractivity contribution >= 4 is 17.3 Å². The number of hydrogen-bond acceptors (Lipinski definition) is 2. The monoisotopic (exact) mass is 312 g/mol. The Balaban J connectivity index is 1.87. The lowest BCUT2D eigenvalue weighted by Gasteiger charge is -2.16. The van der Waals surface area contributed by atoms with E-state index in [2.05, 4.69) is 34.5 Å². The summed E-state index contributed by atoms with van der Waals surface area (Å²) in [6, 6.07) is 16.3. The van der Waals surface area contributed by atoms with Gasteiger partial charge in [0, 0.05) is 31.0 Å². The molecule has 23 heavy (non-hydrogen) atoms. The Hall–Kier alpha value is -2.33. The number of quaternary nitrogens is 1. The van der Waals surface area contributed by atoms with Crippen molar-refractivity contribution in [2.24, 2.45) is 0 Å². The van der Waals surface area contributed by atoms with Gasteiger partial charge in [0.25, 0.3) is 5.91 Å². The fourth-order valence-electron chi connectivity index (χ4n) is 2.50. The molecule has 2 N–H and O–H groups in total. The smallest absolute Gasteiger partial charge is 0.279 e. The highest BCUT2D eigenvalue weighted by Gasteiger charge is 2.11. The molecule has 0 radical (unpaired) electrons. The number of nitrogens with one attached hydrogen (secondary N) is 2. The van der Waals surface area contributed by atoms with E-state index < -0.39 is 0 Å². The van der Waals surface area contributed by atoms with Crippen molar-refractivity contribution in [3.05, 3.63) is 59.7 Å². The molecule has 0 aliphatic rings. The van der Waals surface area contributed by atoms with Gasteiger partial charge >= 0.3 is 0 Å². The van der Waals surface area contributed by atoms with Crippen LogP contribution in [0.4, 0.5) is 11.4 Å². The molecule has 0 fully saturated rings. The van der Waals surface area contributed by atoms with E-state index in [-0.39, 0.29) is 5.91 Å². The first-order valence-corrected chi connectivity index (χ1v) is 7.89. The van der Waals surface area contributed by atoms with Crippen molar-refractivity contribution in [1.82, 2.24) is 0 Å². The van der Waals surface area contributed by atoms with Crippen LogP contribution in [-0.2, 0) is 11.3 Å².